The van der Waals surface area contributed by atoms with Gasteiger partial charge in [0.2, 0.25) is 5.91 Å². The van der Waals surface area contributed by atoms with Crippen molar-refractivity contribution in [3.8, 4) is 5.75 Å². The zero-order valence-corrected chi connectivity index (χ0v) is 29.0. The Hall–Kier alpha value is -3.99. The van der Waals surface area contributed by atoms with Crippen molar-refractivity contribution in [2.45, 2.75) is 122 Å². The van der Waals surface area contributed by atoms with Crippen LogP contribution in [0.1, 0.15) is 110 Å². The van der Waals surface area contributed by atoms with Gasteiger partial charge in [-0.1, -0.05) is 75.3 Å². The molecule has 0 aliphatic heterocycles. The molecule has 0 unspecified atom stereocenters. The summed E-state index contributed by atoms with van der Waals surface area (Å²) in [5, 5.41) is 33.2. The fraction of sp³-hybridized carbons (Fsp3) is 0.595. The molecule has 0 bridgehead atoms. The van der Waals surface area contributed by atoms with Gasteiger partial charge in [0.15, 0.2) is 5.60 Å². The second-order valence-corrected chi connectivity index (χ2v) is 12.4. The third-order valence-corrected chi connectivity index (χ3v) is 7.99. The van der Waals surface area contributed by atoms with Gasteiger partial charge in [0.1, 0.15) is 24.2 Å². The summed E-state index contributed by atoms with van der Waals surface area (Å²) in [5.41, 5.74) is -1.22. The topological polar surface area (TPSA) is 177 Å². The first-order chi connectivity index (χ1) is 22.8. The summed E-state index contributed by atoms with van der Waals surface area (Å²) in [4.78, 5) is 61.9. The smallest absolute Gasteiger partial charge is 0.337 e. The number of esters is 1. The van der Waals surface area contributed by atoms with Gasteiger partial charge < -0.3 is 30.1 Å². The van der Waals surface area contributed by atoms with Crippen LogP contribution in [0.3, 0.4) is 0 Å². The molecule has 1 rings (SSSR count). The molecule has 268 valence electrons. The number of carboxylic acid groups (broad SMARTS) is 2. The van der Waals surface area contributed by atoms with Crippen molar-refractivity contribution < 1.29 is 48.8 Å². The van der Waals surface area contributed by atoms with Crippen LogP contribution in [0.15, 0.2) is 48.1 Å². The van der Waals surface area contributed by atoms with E-state index < -0.39 is 47.8 Å². The van der Waals surface area contributed by atoms with Gasteiger partial charge in [0.05, 0.1) is 19.4 Å². The minimum Gasteiger partial charge on any atom is -0.490 e. The number of benzene rings is 1. The van der Waals surface area contributed by atoms with Gasteiger partial charge in [-0.15, -0.1) is 0 Å². The van der Waals surface area contributed by atoms with Crippen LogP contribution in [0.4, 0.5) is 0 Å². The molecule has 1 amide bonds. The Kier molecular flexibility index (Phi) is 20.5. The van der Waals surface area contributed by atoms with Crippen LogP contribution in [0.2, 0.25) is 0 Å². The Morgan fingerprint density at radius 3 is 2.04 bits per heavy atom. The van der Waals surface area contributed by atoms with Crippen molar-refractivity contribution >= 4 is 29.6 Å². The van der Waals surface area contributed by atoms with Crippen molar-refractivity contribution in [2.75, 3.05) is 13.7 Å². The number of amides is 1. The van der Waals surface area contributed by atoms with Crippen LogP contribution in [-0.2, 0) is 35.1 Å². The van der Waals surface area contributed by atoms with Crippen LogP contribution in [-0.4, -0.2) is 70.3 Å². The standard InChI is InChI=1S/C37H55NO10/c1-5-6-7-10-13-16-29(39)17-14-11-8-9-12-15-18-31(37(46,36(44)45)26-33(40)47-4)34(41)38-32(35(42)43)25-28-19-21-30(22-20-28)48-24-23-27(2)3/h15,18-23,31-32,46H,5-14,16-17,24-26H2,1-4H3,(H,38,41)(H,42,43)(H,44,45)/b18-15+/t31-,32+,37+/m1/s1. The molecule has 0 fully saturated rings. The summed E-state index contributed by atoms with van der Waals surface area (Å²) in [5.74, 6) is -6.25. The highest BCUT2D eigenvalue weighted by atomic mass is 16.5. The lowest BCUT2D eigenvalue weighted by Gasteiger charge is -2.30. The number of carbonyl (C=O) groups is 5. The summed E-state index contributed by atoms with van der Waals surface area (Å²) in [6, 6.07) is 5.21. The molecule has 1 aromatic carbocycles. The summed E-state index contributed by atoms with van der Waals surface area (Å²) in [7, 11) is 1.02. The van der Waals surface area contributed by atoms with E-state index in [2.05, 4.69) is 17.0 Å². The number of ketones is 1. The third kappa shape index (κ3) is 16.7. The second-order valence-electron chi connectivity index (χ2n) is 12.4. The number of hydrogen-bond acceptors (Lipinski definition) is 8. The number of allylic oxidation sites excluding steroid dienone is 2. The van der Waals surface area contributed by atoms with Crippen LogP contribution in [0.5, 0.6) is 5.75 Å². The van der Waals surface area contributed by atoms with Gasteiger partial charge in [-0.25, -0.2) is 9.59 Å². The Morgan fingerprint density at radius 1 is 0.896 bits per heavy atom. The molecule has 0 saturated carbocycles. The largest absolute Gasteiger partial charge is 0.490 e. The van der Waals surface area contributed by atoms with Crippen molar-refractivity contribution in [1.82, 2.24) is 5.32 Å². The average molecular weight is 674 g/mol. The number of ether oxygens (including phenoxy) is 2. The second kappa shape index (κ2) is 23.4. The normalized spacial score (nSPS) is 13.6. The summed E-state index contributed by atoms with van der Waals surface area (Å²) in [6.07, 6.45) is 13.7. The van der Waals surface area contributed by atoms with E-state index in [4.69, 9.17) is 4.74 Å². The van der Waals surface area contributed by atoms with Gasteiger partial charge in [-0.2, -0.15) is 0 Å². The highest BCUT2D eigenvalue weighted by molar-refractivity contribution is 5.94. The van der Waals surface area contributed by atoms with Gasteiger partial charge in [0, 0.05) is 19.3 Å². The monoisotopic (exact) mass is 673 g/mol. The number of aliphatic carboxylic acids is 2. The predicted octanol–water partition coefficient (Wildman–Crippen LogP) is 5.96. The fourth-order valence-electron chi connectivity index (χ4n) is 5.02. The number of carbonyl (C=O) groups excluding carboxylic acids is 3. The minimum absolute atomic E-state index is 0.129. The average Bonchev–Trinajstić information content (AvgIpc) is 3.03. The molecule has 48 heavy (non-hydrogen) atoms. The summed E-state index contributed by atoms with van der Waals surface area (Å²) >= 11 is 0. The van der Waals surface area contributed by atoms with Gasteiger partial charge in [-0.05, 0) is 63.3 Å². The lowest BCUT2D eigenvalue weighted by atomic mass is 9.82. The number of hydrogen-bond donors (Lipinski definition) is 4. The number of unbranched alkanes of at least 4 members (excludes halogenated alkanes) is 8. The van der Waals surface area contributed by atoms with Gasteiger partial charge >= 0.3 is 17.9 Å². The lowest BCUT2D eigenvalue weighted by Crippen LogP contribution is -2.55. The highest BCUT2D eigenvalue weighted by Gasteiger charge is 2.49. The van der Waals surface area contributed by atoms with Gasteiger partial charge in [0.25, 0.3) is 0 Å². The third-order valence-electron chi connectivity index (χ3n) is 7.99. The van der Waals surface area contributed by atoms with Crippen LogP contribution < -0.4 is 10.1 Å². The maximum absolute atomic E-state index is 13.4. The molecular formula is C37H55NO10. The summed E-state index contributed by atoms with van der Waals surface area (Å²) in [6.45, 7) is 6.43. The van der Waals surface area contributed by atoms with E-state index in [0.29, 0.717) is 43.6 Å². The Morgan fingerprint density at radius 2 is 1.50 bits per heavy atom. The van der Waals surface area contributed by atoms with Crippen molar-refractivity contribution in [3.05, 3.63) is 53.6 Å². The SMILES string of the molecule is CCCCCCCC(=O)CCCCCC/C=C/[C@H](C(=O)N[C@@H](Cc1ccc(OCC=C(C)C)cc1)C(=O)O)[C@@](O)(CC(=O)OC)C(=O)O. The first-order valence-electron chi connectivity index (χ1n) is 16.9. The number of nitrogens with one attached hydrogen (secondary N) is 1. The fourth-order valence-corrected chi connectivity index (χ4v) is 5.02. The lowest BCUT2D eigenvalue weighted by molar-refractivity contribution is -0.173. The zero-order valence-electron chi connectivity index (χ0n) is 29.0. The molecule has 0 aliphatic carbocycles. The molecule has 0 spiro atoms. The number of rotatable bonds is 26. The first-order valence-corrected chi connectivity index (χ1v) is 16.9. The maximum Gasteiger partial charge on any atom is 0.337 e. The molecule has 3 atom stereocenters. The number of aliphatic hydroxyl groups is 1. The first kappa shape index (κ1) is 42.0. The van der Waals surface area contributed by atoms with E-state index in [1.807, 2.05) is 19.9 Å². The number of methoxy groups -OCH3 is 1. The maximum atomic E-state index is 13.4. The number of carboxylic acids is 2. The predicted molar refractivity (Wildman–Crippen MR) is 183 cm³/mol. The zero-order chi connectivity index (χ0) is 36.0. The molecule has 1 aromatic rings. The van der Waals surface area contributed by atoms with E-state index in [1.165, 1.54) is 18.9 Å². The molecular weight excluding hydrogens is 618 g/mol. The summed E-state index contributed by atoms with van der Waals surface area (Å²) < 4.78 is 10.2. The van der Waals surface area contributed by atoms with Crippen molar-refractivity contribution in [3.63, 3.8) is 0 Å². The Bertz CT molecular complexity index is 1220. The van der Waals surface area contributed by atoms with Crippen LogP contribution >= 0.6 is 0 Å². The van der Waals surface area contributed by atoms with E-state index in [1.54, 1.807) is 30.3 Å². The van der Waals surface area contributed by atoms with Crippen molar-refractivity contribution in [2.24, 2.45) is 5.92 Å². The highest BCUT2D eigenvalue weighted by Crippen LogP contribution is 2.26. The van der Waals surface area contributed by atoms with Gasteiger partial charge in [-0.3, -0.25) is 14.4 Å². The van der Waals surface area contributed by atoms with E-state index in [-0.39, 0.29) is 12.2 Å². The quantitative estimate of drug-likeness (QED) is 0.0521. The molecule has 11 heteroatoms. The Labute approximate surface area is 284 Å². The Balaban J connectivity index is 2.88. The number of Topliss-reactive ketones (excluding diaryl/α,β-unsaturated/α-hetero) is 1. The molecule has 0 saturated heterocycles. The molecule has 0 aromatic heterocycles. The van der Waals surface area contributed by atoms with E-state index in [0.717, 1.165) is 51.2 Å². The molecule has 0 aliphatic rings. The molecule has 0 heterocycles. The minimum atomic E-state index is -2.89. The van der Waals surface area contributed by atoms with E-state index >= 15 is 0 Å². The van der Waals surface area contributed by atoms with Crippen LogP contribution in [0.25, 0.3) is 0 Å². The van der Waals surface area contributed by atoms with Crippen molar-refractivity contribution in [1.29, 1.82) is 0 Å². The van der Waals surface area contributed by atoms with Crippen LogP contribution in [0, 0.1) is 5.92 Å². The van der Waals surface area contributed by atoms with E-state index in [9.17, 15) is 39.3 Å². The molecule has 4 N–H and O–H groups in total. The molecule has 0 radical (unpaired) electrons. The molecule has 11 nitrogen and oxygen atoms in total.